The van der Waals surface area contributed by atoms with Crippen LogP contribution >= 0.6 is 11.6 Å². The van der Waals surface area contributed by atoms with Crippen LogP contribution < -0.4 is 10.1 Å². The monoisotopic (exact) mass is 383 g/mol. The van der Waals surface area contributed by atoms with Crippen molar-refractivity contribution in [2.75, 3.05) is 11.9 Å². The number of nitrogens with zero attached hydrogens (tertiary/aromatic N) is 4. The fourth-order valence-electron chi connectivity index (χ4n) is 2.96. The summed E-state index contributed by atoms with van der Waals surface area (Å²) in [4.78, 5) is 7.29. The smallest absolute Gasteiger partial charge is 0.433 e. The molecule has 0 saturated heterocycles. The number of hydrogen-bond donors (Lipinski definition) is 1. The van der Waals surface area contributed by atoms with E-state index in [0.29, 0.717) is 23.8 Å². The molecular formula is C16H13ClF3N5O. The van der Waals surface area contributed by atoms with E-state index in [4.69, 9.17) is 16.3 Å². The van der Waals surface area contributed by atoms with Crippen LogP contribution in [0.1, 0.15) is 30.1 Å². The molecule has 26 heavy (non-hydrogen) atoms. The number of fused-ring (bicyclic) bond motifs is 2. The van der Waals surface area contributed by atoms with Crippen molar-refractivity contribution in [1.82, 2.24) is 19.6 Å². The van der Waals surface area contributed by atoms with Crippen LogP contribution in [0.2, 0.25) is 5.02 Å². The predicted octanol–water partition coefficient (Wildman–Crippen LogP) is 4.12. The lowest BCUT2D eigenvalue weighted by Crippen LogP contribution is -2.16. The third kappa shape index (κ3) is 3.03. The zero-order valence-electron chi connectivity index (χ0n) is 13.3. The van der Waals surface area contributed by atoms with Crippen molar-refractivity contribution in [3.05, 3.63) is 46.9 Å². The van der Waals surface area contributed by atoms with Gasteiger partial charge < -0.3 is 10.1 Å². The summed E-state index contributed by atoms with van der Waals surface area (Å²) in [7, 11) is 0. The molecule has 0 bridgehead atoms. The molecule has 10 heteroatoms. The normalized spacial score (nSPS) is 17.5. The highest BCUT2D eigenvalue weighted by Gasteiger charge is 2.34. The number of rotatable bonds is 2. The van der Waals surface area contributed by atoms with Gasteiger partial charge in [-0.05, 0) is 18.9 Å². The molecule has 1 atom stereocenters. The Labute approximate surface area is 151 Å². The summed E-state index contributed by atoms with van der Waals surface area (Å²) in [5.74, 6) is 0.570. The van der Waals surface area contributed by atoms with Crippen LogP contribution in [0.3, 0.4) is 0 Å². The van der Waals surface area contributed by atoms with Crippen molar-refractivity contribution in [2.45, 2.75) is 25.1 Å². The maximum absolute atomic E-state index is 13.2. The van der Waals surface area contributed by atoms with Crippen molar-refractivity contribution in [1.29, 1.82) is 0 Å². The highest BCUT2D eigenvalue weighted by Crippen LogP contribution is 2.39. The standard InChI is InChI=1S/C16H13ClF3N5O/c17-10-4-1-3-9-11(5-2-6-26-14(9)10)23-13-7-12(16(18,19)20)24-15-21-8-22-25(13)15/h1,3-4,7-8,11,23H,2,5-6H2. The Hall–Kier alpha value is -2.55. The third-order valence-corrected chi connectivity index (χ3v) is 4.42. The molecule has 6 nitrogen and oxygen atoms in total. The first-order chi connectivity index (χ1) is 12.4. The minimum absolute atomic E-state index is 0.126. The fraction of sp³-hybridized carbons (Fsp3) is 0.312. The van der Waals surface area contributed by atoms with E-state index in [-0.39, 0.29) is 17.6 Å². The van der Waals surface area contributed by atoms with Gasteiger partial charge in [-0.3, -0.25) is 0 Å². The van der Waals surface area contributed by atoms with Crippen LogP contribution in [0.15, 0.2) is 30.6 Å². The Kier molecular flexibility index (Phi) is 4.10. The van der Waals surface area contributed by atoms with E-state index in [1.807, 2.05) is 6.07 Å². The Bertz CT molecular complexity index is 959. The molecule has 1 aliphatic rings. The largest absolute Gasteiger partial charge is 0.492 e. The maximum Gasteiger partial charge on any atom is 0.433 e. The average molecular weight is 384 g/mol. The number of benzene rings is 1. The van der Waals surface area contributed by atoms with E-state index in [2.05, 4.69) is 20.4 Å². The number of halogens is 4. The number of alkyl halides is 3. The van der Waals surface area contributed by atoms with Crippen LogP contribution in [0.25, 0.3) is 5.78 Å². The number of aromatic nitrogens is 4. The summed E-state index contributed by atoms with van der Waals surface area (Å²) in [6, 6.07) is 5.98. The summed E-state index contributed by atoms with van der Waals surface area (Å²) in [6.07, 6.45) is -2.04. The summed E-state index contributed by atoms with van der Waals surface area (Å²) in [5, 5.41) is 7.55. The molecule has 3 aromatic rings. The molecule has 0 aliphatic carbocycles. The lowest BCUT2D eigenvalue weighted by molar-refractivity contribution is -0.141. The first-order valence-corrected chi connectivity index (χ1v) is 8.27. The van der Waals surface area contributed by atoms with Crippen molar-refractivity contribution in [3.8, 4) is 5.75 Å². The van der Waals surface area contributed by atoms with Gasteiger partial charge in [-0.25, -0.2) is 4.98 Å². The molecule has 4 rings (SSSR count). The molecule has 0 saturated carbocycles. The van der Waals surface area contributed by atoms with Gasteiger partial charge in [0.25, 0.3) is 5.78 Å². The molecule has 1 aromatic carbocycles. The van der Waals surface area contributed by atoms with Crippen LogP contribution in [0.5, 0.6) is 5.75 Å². The molecule has 1 N–H and O–H groups in total. The molecule has 3 heterocycles. The van der Waals surface area contributed by atoms with E-state index in [9.17, 15) is 13.2 Å². The highest BCUT2D eigenvalue weighted by atomic mass is 35.5. The molecule has 0 amide bonds. The second-order valence-corrected chi connectivity index (χ2v) is 6.25. The number of nitrogens with one attached hydrogen (secondary N) is 1. The summed E-state index contributed by atoms with van der Waals surface area (Å²) in [6.45, 7) is 0.484. The minimum atomic E-state index is -4.59. The second-order valence-electron chi connectivity index (χ2n) is 5.84. The average Bonchev–Trinajstić information content (AvgIpc) is 2.97. The quantitative estimate of drug-likeness (QED) is 0.721. The van der Waals surface area contributed by atoms with Crippen molar-refractivity contribution < 1.29 is 17.9 Å². The number of para-hydroxylation sites is 1. The molecular weight excluding hydrogens is 371 g/mol. The number of ether oxygens (including phenoxy) is 1. The Morgan fingerprint density at radius 2 is 2.15 bits per heavy atom. The highest BCUT2D eigenvalue weighted by molar-refractivity contribution is 6.32. The van der Waals surface area contributed by atoms with Gasteiger partial charge in [-0.15, -0.1) is 0 Å². The van der Waals surface area contributed by atoms with Gasteiger partial charge in [0.05, 0.1) is 17.7 Å². The zero-order chi connectivity index (χ0) is 18.3. The van der Waals surface area contributed by atoms with Gasteiger partial charge in [0.1, 0.15) is 17.9 Å². The molecule has 0 spiro atoms. The molecule has 136 valence electrons. The Morgan fingerprint density at radius 1 is 1.31 bits per heavy atom. The van der Waals surface area contributed by atoms with Gasteiger partial charge >= 0.3 is 6.18 Å². The SMILES string of the molecule is FC(F)(F)c1cc(NC2CCCOc3c(Cl)cccc32)n2ncnc2n1. The first kappa shape index (κ1) is 16.9. The van der Waals surface area contributed by atoms with Crippen molar-refractivity contribution in [3.63, 3.8) is 0 Å². The summed E-state index contributed by atoms with van der Waals surface area (Å²) < 4.78 is 46.4. The van der Waals surface area contributed by atoms with Crippen LogP contribution in [0.4, 0.5) is 19.0 Å². The van der Waals surface area contributed by atoms with Crippen molar-refractivity contribution in [2.24, 2.45) is 0 Å². The van der Waals surface area contributed by atoms with Gasteiger partial charge in [-0.2, -0.15) is 27.8 Å². The topological polar surface area (TPSA) is 64.3 Å². The van der Waals surface area contributed by atoms with Gasteiger partial charge in [0, 0.05) is 11.6 Å². The van der Waals surface area contributed by atoms with Gasteiger partial charge in [-0.1, -0.05) is 23.7 Å². The second kappa shape index (κ2) is 6.31. The third-order valence-electron chi connectivity index (χ3n) is 4.12. The maximum atomic E-state index is 13.2. The van der Waals surface area contributed by atoms with E-state index in [1.165, 1.54) is 4.52 Å². The molecule has 0 radical (unpaired) electrons. The lowest BCUT2D eigenvalue weighted by atomic mass is 10.0. The zero-order valence-corrected chi connectivity index (χ0v) is 14.1. The number of hydrogen-bond acceptors (Lipinski definition) is 5. The van der Waals surface area contributed by atoms with E-state index < -0.39 is 11.9 Å². The minimum Gasteiger partial charge on any atom is -0.492 e. The number of anilines is 1. The van der Waals surface area contributed by atoms with Crippen LogP contribution in [0, 0.1) is 0 Å². The van der Waals surface area contributed by atoms with E-state index in [1.54, 1.807) is 12.1 Å². The molecule has 0 fully saturated rings. The van der Waals surface area contributed by atoms with Crippen LogP contribution in [-0.2, 0) is 6.18 Å². The predicted molar refractivity (Wildman–Crippen MR) is 88.3 cm³/mol. The lowest BCUT2D eigenvalue weighted by Gasteiger charge is -2.21. The molecule has 1 unspecified atom stereocenters. The fourth-order valence-corrected chi connectivity index (χ4v) is 3.19. The van der Waals surface area contributed by atoms with E-state index >= 15 is 0 Å². The molecule has 1 aliphatic heterocycles. The van der Waals surface area contributed by atoms with Gasteiger partial charge in [0.15, 0.2) is 5.69 Å². The van der Waals surface area contributed by atoms with Crippen molar-refractivity contribution >= 4 is 23.2 Å². The summed E-state index contributed by atoms with van der Waals surface area (Å²) >= 11 is 6.21. The Morgan fingerprint density at radius 3 is 2.96 bits per heavy atom. The summed E-state index contributed by atoms with van der Waals surface area (Å²) in [5.41, 5.74) is -0.245. The Balaban J connectivity index is 1.78. The van der Waals surface area contributed by atoms with Gasteiger partial charge in [0.2, 0.25) is 0 Å². The first-order valence-electron chi connectivity index (χ1n) is 7.89. The van der Waals surface area contributed by atoms with Crippen LogP contribution in [-0.4, -0.2) is 26.2 Å². The van der Waals surface area contributed by atoms with E-state index in [0.717, 1.165) is 24.4 Å². The molecule has 2 aromatic heterocycles.